The summed E-state index contributed by atoms with van der Waals surface area (Å²) >= 11 is 0. The monoisotopic (exact) mass is 343 g/mol. The molecule has 0 saturated carbocycles. The molecule has 0 aromatic carbocycles. The molecule has 0 unspecified atom stereocenters. The van der Waals surface area contributed by atoms with Crippen LogP contribution in [0.2, 0.25) is 0 Å². The Kier molecular flexibility index (Phi) is 4.69. The lowest BCUT2D eigenvalue weighted by atomic mass is 10.1. The second-order valence-corrected chi connectivity index (χ2v) is 6.29. The molecule has 3 heterocycles. The average Bonchev–Trinajstić information content (AvgIpc) is 3.11. The minimum absolute atomic E-state index is 0.147. The van der Waals surface area contributed by atoms with Crippen molar-refractivity contribution in [3.63, 3.8) is 0 Å². The van der Waals surface area contributed by atoms with Crippen molar-refractivity contribution in [2.75, 3.05) is 31.1 Å². The molecule has 0 spiro atoms. The second-order valence-electron chi connectivity index (χ2n) is 6.29. The van der Waals surface area contributed by atoms with Crippen LogP contribution in [0.15, 0.2) is 28.9 Å². The van der Waals surface area contributed by atoms with Crippen LogP contribution in [0.5, 0.6) is 0 Å². The van der Waals surface area contributed by atoms with Crippen LogP contribution in [-0.4, -0.2) is 53.0 Å². The molecular weight excluding hydrogens is 322 g/mol. The second kappa shape index (κ2) is 6.92. The summed E-state index contributed by atoms with van der Waals surface area (Å²) in [7, 11) is 0. The lowest BCUT2D eigenvalue weighted by Gasteiger charge is -2.35. The number of carbonyl (C=O) groups is 2. The van der Waals surface area contributed by atoms with Gasteiger partial charge in [-0.25, -0.2) is 4.98 Å². The molecule has 2 aromatic rings. The zero-order valence-electron chi connectivity index (χ0n) is 14.3. The van der Waals surface area contributed by atoms with Crippen LogP contribution in [-0.2, 0) is 0 Å². The van der Waals surface area contributed by atoms with E-state index in [1.807, 2.05) is 18.7 Å². The van der Waals surface area contributed by atoms with Crippen molar-refractivity contribution in [1.29, 1.82) is 0 Å². The zero-order valence-corrected chi connectivity index (χ0v) is 14.3. The fraction of sp³-hybridized carbons (Fsp3) is 0.412. The Bertz CT molecular complexity index is 778. The number of piperazine rings is 1. The summed E-state index contributed by atoms with van der Waals surface area (Å²) < 4.78 is 5.20. The third-order valence-electron chi connectivity index (χ3n) is 4.24. The molecule has 8 heteroatoms. The van der Waals surface area contributed by atoms with E-state index in [0.717, 1.165) is 0 Å². The average molecular weight is 343 g/mol. The van der Waals surface area contributed by atoms with E-state index in [0.29, 0.717) is 49.0 Å². The van der Waals surface area contributed by atoms with Crippen molar-refractivity contribution in [2.45, 2.75) is 19.8 Å². The Morgan fingerprint density at radius 3 is 2.56 bits per heavy atom. The number of amides is 2. The van der Waals surface area contributed by atoms with Gasteiger partial charge in [-0.3, -0.25) is 9.59 Å². The first-order valence-electron chi connectivity index (χ1n) is 8.23. The van der Waals surface area contributed by atoms with E-state index in [2.05, 4.69) is 10.1 Å². The van der Waals surface area contributed by atoms with E-state index in [1.165, 1.54) is 0 Å². The molecular formula is C17H21N5O3. The normalized spacial score (nSPS) is 14.8. The summed E-state index contributed by atoms with van der Waals surface area (Å²) in [6, 6.07) is 5.04. The Hall–Kier alpha value is -2.90. The number of hydrogen-bond acceptors (Lipinski definition) is 6. The van der Waals surface area contributed by atoms with Crippen LogP contribution in [0, 0.1) is 0 Å². The number of anilines is 1. The molecule has 0 atom stereocenters. The van der Waals surface area contributed by atoms with Crippen LogP contribution in [0.4, 0.5) is 5.82 Å². The molecule has 0 radical (unpaired) electrons. The maximum atomic E-state index is 12.5. The lowest BCUT2D eigenvalue weighted by molar-refractivity contribution is 0.0735. The summed E-state index contributed by atoms with van der Waals surface area (Å²) in [6.45, 7) is 6.12. The topological polar surface area (TPSA) is 106 Å². The van der Waals surface area contributed by atoms with Crippen LogP contribution in [0.25, 0.3) is 0 Å². The van der Waals surface area contributed by atoms with Gasteiger partial charge >= 0.3 is 0 Å². The van der Waals surface area contributed by atoms with E-state index in [4.69, 9.17) is 10.3 Å². The Morgan fingerprint density at radius 1 is 1.24 bits per heavy atom. The van der Waals surface area contributed by atoms with Gasteiger partial charge in [-0.1, -0.05) is 19.0 Å². The van der Waals surface area contributed by atoms with E-state index in [9.17, 15) is 9.59 Å². The fourth-order valence-electron chi connectivity index (χ4n) is 2.79. The molecule has 1 saturated heterocycles. The van der Waals surface area contributed by atoms with E-state index in [1.54, 1.807) is 29.3 Å². The van der Waals surface area contributed by atoms with Gasteiger partial charge in [0.15, 0.2) is 5.69 Å². The highest BCUT2D eigenvalue weighted by molar-refractivity contribution is 5.97. The third kappa shape index (κ3) is 3.47. The number of nitrogens with two attached hydrogens (primary N) is 1. The Morgan fingerprint density at radius 2 is 1.96 bits per heavy atom. The van der Waals surface area contributed by atoms with Gasteiger partial charge in [-0.15, -0.1) is 0 Å². The first kappa shape index (κ1) is 16.9. The molecule has 2 N–H and O–H groups in total. The number of rotatable bonds is 4. The molecule has 0 aliphatic carbocycles. The van der Waals surface area contributed by atoms with Gasteiger partial charge in [0.2, 0.25) is 0 Å². The van der Waals surface area contributed by atoms with Crippen LogP contribution >= 0.6 is 0 Å². The summed E-state index contributed by atoms with van der Waals surface area (Å²) in [6.07, 6.45) is 1.63. The van der Waals surface area contributed by atoms with Crippen LogP contribution in [0.1, 0.15) is 46.4 Å². The number of pyridine rings is 1. The highest BCUT2D eigenvalue weighted by atomic mass is 16.5. The van der Waals surface area contributed by atoms with Gasteiger partial charge in [0.1, 0.15) is 11.6 Å². The van der Waals surface area contributed by atoms with Gasteiger partial charge in [0.05, 0.1) is 5.56 Å². The maximum absolute atomic E-state index is 12.5. The Balaban J connectivity index is 1.67. The fourth-order valence-corrected chi connectivity index (χ4v) is 2.79. The number of primary amides is 1. The first-order chi connectivity index (χ1) is 12.0. The lowest BCUT2D eigenvalue weighted by Crippen LogP contribution is -2.49. The van der Waals surface area contributed by atoms with Crippen molar-refractivity contribution in [3.05, 3.63) is 41.4 Å². The van der Waals surface area contributed by atoms with Crippen molar-refractivity contribution in [2.24, 2.45) is 5.73 Å². The van der Waals surface area contributed by atoms with Crippen LogP contribution < -0.4 is 10.6 Å². The largest absolute Gasteiger partial charge is 0.365 e. The molecule has 8 nitrogen and oxygen atoms in total. The number of nitrogens with zero attached hydrogens (tertiary/aromatic N) is 4. The summed E-state index contributed by atoms with van der Waals surface area (Å²) in [5.74, 6) is 0.784. The standard InChI is InChI=1S/C17H21N5O3/c1-11(2)14-10-13(20-25-14)17(24)22-8-6-21(7-9-22)16-12(15(18)23)4-3-5-19-16/h3-5,10-11H,6-9H2,1-2H3,(H2,18,23). The molecule has 3 rings (SSSR count). The molecule has 1 aliphatic rings. The molecule has 2 amide bonds. The summed E-state index contributed by atoms with van der Waals surface area (Å²) in [5.41, 5.74) is 6.13. The van der Waals surface area contributed by atoms with Crippen molar-refractivity contribution in [1.82, 2.24) is 15.0 Å². The first-order valence-corrected chi connectivity index (χ1v) is 8.23. The number of carbonyl (C=O) groups excluding carboxylic acids is 2. The van der Waals surface area contributed by atoms with Gasteiger partial charge < -0.3 is 20.1 Å². The highest BCUT2D eigenvalue weighted by Crippen LogP contribution is 2.20. The van der Waals surface area contributed by atoms with E-state index >= 15 is 0 Å². The Labute approximate surface area is 145 Å². The summed E-state index contributed by atoms with van der Waals surface area (Å²) in [5, 5.41) is 3.87. The molecule has 2 aromatic heterocycles. The van der Waals surface area contributed by atoms with Crippen molar-refractivity contribution < 1.29 is 14.1 Å². The van der Waals surface area contributed by atoms with E-state index in [-0.39, 0.29) is 11.8 Å². The maximum Gasteiger partial charge on any atom is 0.276 e. The van der Waals surface area contributed by atoms with Gasteiger partial charge in [-0.2, -0.15) is 0 Å². The van der Waals surface area contributed by atoms with Gasteiger partial charge in [-0.05, 0) is 12.1 Å². The predicted octanol–water partition coefficient (Wildman–Crippen LogP) is 1.25. The highest BCUT2D eigenvalue weighted by Gasteiger charge is 2.27. The molecule has 1 aliphatic heterocycles. The number of aromatic nitrogens is 2. The number of hydrogen-bond donors (Lipinski definition) is 1. The minimum Gasteiger partial charge on any atom is -0.365 e. The predicted molar refractivity (Wildman–Crippen MR) is 91.5 cm³/mol. The molecule has 1 fully saturated rings. The van der Waals surface area contributed by atoms with Crippen molar-refractivity contribution >= 4 is 17.6 Å². The van der Waals surface area contributed by atoms with Gasteiger partial charge in [0.25, 0.3) is 11.8 Å². The molecule has 132 valence electrons. The molecule has 0 bridgehead atoms. The van der Waals surface area contributed by atoms with Crippen LogP contribution in [0.3, 0.4) is 0 Å². The SMILES string of the molecule is CC(C)c1cc(C(=O)N2CCN(c3ncccc3C(N)=O)CC2)no1. The summed E-state index contributed by atoms with van der Waals surface area (Å²) in [4.78, 5) is 32.1. The quantitative estimate of drug-likeness (QED) is 0.896. The zero-order chi connectivity index (χ0) is 18.0. The van der Waals surface area contributed by atoms with E-state index < -0.39 is 5.91 Å². The minimum atomic E-state index is -0.509. The smallest absolute Gasteiger partial charge is 0.276 e. The molecule has 25 heavy (non-hydrogen) atoms. The van der Waals surface area contributed by atoms with Gasteiger partial charge in [0, 0.05) is 44.4 Å². The van der Waals surface area contributed by atoms with Crippen molar-refractivity contribution in [3.8, 4) is 0 Å². The third-order valence-corrected chi connectivity index (χ3v) is 4.24.